The number of hydrogen-bond acceptors (Lipinski definition) is 4. The number of rotatable bonds is 6. The SMILES string of the molecule is N#Cc1c(-c2ccccc2)nc(-c2cccc3oc4ccc(-c5cccc(-c6ccc7c(c6)c6ccccc6n7-c6ccccc6)c5)cc4c23)nc1-c1ccccc1. The third-order valence-corrected chi connectivity index (χ3v) is 11.1. The molecule has 0 saturated heterocycles. The maximum absolute atomic E-state index is 10.5. The molecule has 0 atom stereocenters. The fourth-order valence-corrected chi connectivity index (χ4v) is 8.38. The molecule has 0 aliphatic carbocycles. The van der Waals surface area contributed by atoms with Crippen molar-refractivity contribution in [2.75, 3.05) is 0 Å². The molecule has 5 heteroatoms. The van der Waals surface area contributed by atoms with Crippen molar-refractivity contribution in [3.63, 3.8) is 0 Å². The van der Waals surface area contributed by atoms with Crippen LogP contribution in [0, 0.1) is 11.3 Å². The van der Waals surface area contributed by atoms with Gasteiger partial charge in [0.25, 0.3) is 0 Å². The highest BCUT2D eigenvalue weighted by Crippen LogP contribution is 2.41. The predicted molar refractivity (Wildman–Crippen MR) is 236 cm³/mol. The number of benzene rings is 8. The second-order valence-electron chi connectivity index (χ2n) is 14.5. The lowest BCUT2D eigenvalue weighted by Gasteiger charge is -2.13. The summed E-state index contributed by atoms with van der Waals surface area (Å²) in [6.45, 7) is 0. The molecule has 270 valence electrons. The molecule has 11 rings (SSSR count). The summed E-state index contributed by atoms with van der Waals surface area (Å²) in [6.07, 6.45) is 0. The molecule has 0 radical (unpaired) electrons. The van der Waals surface area contributed by atoms with E-state index < -0.39 is 0 Å². The maximum atomic E-state index is 10.5. The van der Waals surface area contributed by atoms with Gasteiger partial charge in [0, 0.05) is 43.9 Å². The second kappa shape index (κ2) is 13.6. The van der Waals surface area contributed by atoms with Gasteiger partial charge in [0.1, 0.15) is 22.8 Å². The summed E-state index contributed by atoms with van der Waals surface area (Å²) in [5.74, 6) is 0.529. The normalized spacial score (nSPS) is 11.4. The van der Waals surface area contributed by atoms with Gasteiger partial charge in [-0.25, -0.2) is 9.97 Å². The Hall–Kier alpha value is -8.07. The number of para-hydroxylation sites is 2. The van der Waals surface area contributed by atoms with Crippen LogP contribution in [0.5, 0.6) is 0 Å². The molecule has 3 aromatic heterocycles. The molecule has 58 heavy (non-hydrogen) atoms. The van der Waals surface area contributed by atoms with Gasteiger partial charge in [-0.05, 0) is 76.9 Å². The van der Waals surface area contributed by atoms with Crippen molar-refractivity contribution in [3.8, 4) is 67.9 Å². The van der Waals surface area contributed by atoms with Gasteiger partial charge in [-0.2, -0.15) is 5.26 Å². The summed E-state index contributed by atoms with van der Waals surface area (Å²) in [4.78, 5) is 10.2. The summed E-state index contributed by atoms with van der Waals surface area (Å²) in [5.41, 5.74) is 13.7. The molecule has 11 aromatic rings. The molecule has 0 aliphatic rings. The fourth-order valence-electron chi connectivity index (χ4n) is 8.38. The largest absolute Gasteiger partial charge is 0.456 e. The smallest absolute Gasteiger partial charge is 0.161 e. The Bertz CT molecular complexity index is 3330. The van der Waals surface area contributed by atoms with E-state index in [2.05, 4.69) is 126 Å². The first-order chi connectivity index (χ1) is 28.7. The van der Waals surface area contributed by atoms with E-state index in [1.807, 2.05) is 78.9 Å². The number of furan rings is 1. The lowest BCUT2D eigenvalue weighted by atomic mass is 9.96. The Morgan fingerprint density at radius 2 is 0.983 bits per heavy atom. The van der Waals surface area contributed by atoms with Gasteiger partial charge in [-0.15, -0.1) is 0 Å². The summed E-state index contributed by atoms with van der Waals surface area (Å²) >= 11 is 0. The highest BCUT2D eigenvalue weighted by molar-refractivity contribution is 6.13. The van der Waals surface area contributed by atoms with E-state index in [1.165, 1.54) is 21.8 Å². The minimum absolute atomic E-state index is 0.439. The molecular formula is C53H32N4O. The maximum Gasteiger partial charge on any atom is 0.161 e. The second-order valence-corrected chi connectivity index (χ2v) is 14.5. The molecule has 0 N–H and O–H groups in total. The van der Waals surface area contributed by atoms with Crippen molar-refractivity contribution in [1.82, 2.24) is 14.5 Å². The summed E-state index contributed by atoms with van der Waals surface area (Å²) in [7, 11) is 0. The third kappa shape index (κ3) is 5.47. The van der Waals surface area contributed by atoms with Gasteiger partial charge in [0.15, 0.2) is 5.82 Å². The van der Waals surface area contributed by atoms with Crippen LogP contribution in [0.2, 0.25) is 0 Å². The van der Waals surface area contributed by atoms with E-state index in [1.54, 1.807) is 0 Å². The zero-order chi connectivity index (χ0) is 38.6. The first kappa shape index (κ1) is 33.3. The van der Waals surface area contributed by atoms with Crippen molar-refractivity contribution in [2.45, 2.75) is 0 Å². The van der Waals surface area contributed by atoms with Crippen molar-refractivity contribution >= 4 is 43.7 Å². The van der Waals surface area contributed by atoms with E-state index in [-0.39, 0.29) is 0 Å². The molecule has 3 heterocycles. The highest BCUT2D eigenvalue weighted by atomic mass is 16.3. The van der Waals surface area contributed by atoms with Crippen LogP contribution in [0.25, 0.3) is 106 Å². The van der Waals surface area contributed by atoms with E-state index in [0.29, 0.717) is 22.8 Å². The first-order valence-electron chi connectivity index (χ1n) is 19.3. The van der Waals surface area contributed by atoms with Crippen LogP contribution in [-0.4, -0.2) is 14.5 Å². The average molecular weight is 741 g/mol. The van der Waals surface area contributed by atoms with Gasteiger partial charge < -0.3 is 8.98 Å². The molecule has 0 saturated carbocycles. The Morgan fingerprint density at radius 3 is 1.67 bits per heavy atom. The van der Waals surface area contributed by atoms with Crippen LogP contribution < -0.4 is 0 Å². The van der Waals surface area contributed by atoms with Gasteiger partial charge >= 0.3 is 0 Å². The third-order valence-electron chi connectivity index (χ3n) is 11.1. The molecule has 8 aromatic carbocycles. The number of nitriles is 1. The van der Waals surface area contributed by atoms with Crippen molar-refractivity contribution in [2.24, 2.45) is 0 Å². The molecule has 0 aliphatic heterocycles. The van der Waals surface area contributed by atoms with Crippen LogP contribution in [-0.2, 0) is 0 Å². The quantitative estimate of drug-likeness (QED) is 0.170. The first-order valence-corrected chi connectivity index (χ1v) is 19.3. The minimum atomic E-state index is 0.439. The van der Waals surface area contributed by atoms with Crippen LogP contribution in [0.15, 0.2) is 199 Å². The topological polar surface area (TPSA) is 67.6 Å². The van der Waals surface area contributed by atoms with Crippen molar-refractivity contribution in [3.05, 3.63) is 200 Å². The molecule has 5 nitrogen and oxygen atoms in total. The number of aromatic nitrogens is 3. The molecule has 0 spiro atoms. The molecule has 0 unspecified atom stereocenters. The van der Waals surface area contributed by atoms with E-state index in [9.17, 15) is 5.26 Å². The molecule has 0 bridgehead atoms. The van der Waals surface area contributed by atoms with Gasteiger partial charge in [0.05, 0.1) is 22.4 Å². The van der Waals surface area contributed by atoms with Crippen molar-refractivity contribution < 1.29 is 4.42 Å². The van der Waals surface area contributed by atoms with Crippen LogP contribution in [0.1, 0.15) is 5.56 Å². The summed E-state index contributed by atoms with van der Waals surface area (Å²) < 4.78 is 8.82. The highest BCUT2D eigenvalue weighted by Gasteiger charge is 2.22. The number of fused-ring (bicyclic) bond motifs is 6. The van der Waals surface area contributed by atoms with Crippen LogP contribution >= 0.6 is 0 Å². The van der Waals surface area contributed by atoms with E-state index >= 15 is 0 Å². The molecular weight excluding hydrogens is 709 g/mol. The molecule has 0 amide bonds. The van der Waals surface area contributed by atoms with E-state index in [4.69, 9.17) is 14.4 Å². The van der Waals surface area contributed by atoms with Gasteiger partial charge in [-0.3, -0.25) is 0 Å². The van der Waals surface area contributed by atoms with Gasteiger partial charge in [0.2, 0.25) is 0 Å². The Labute approximate surface area is 334 Å². The average Bonchev–Trinajstić information content (AvgIpc) is 3.85. The standard InChI is InChI=1S/C53H32N4O/c54-33-45-51(34-14-4-1-5-15-34)55-53(56-52(45)35-16-6-2-7-17-35)42-23-13-25-49-50(42)44-32-39(27-29-48(44)58-49)37-19-12-18-36(30-37)38-26-28-47-43(31-38)41-22-10-11-24-46(41)57(47)40-20-8-3-9-21-40/h1-32H. The predicted octanol–water partition coefficient (Wildman–Crippen LogP) is 13.7. The van der Waals surface area contributed by atoms with Crippen LogP contribution in [0.3, 0.4) is 0 Å². The lowest BCUT2D eigenvalue weighted by Crippen LogP contribution is -2.01. The Balaban J connectivity index is 1.05. The van der Waals surface area contributed by atoms with Gasteiger partial charge in [-0.1, -0.05) is 140 Å². The zero-order valence-corrected chi connectivity index (χ0v) is 31.2. The zero-order valence-electron chi connectivity index (χ0n) is 31.2. The summed E-state index contributed by atoms with van der Waals surface area (Å²) in [5, 5.41) is 14.8. The minimum Gasteiger partial charge on any atom is -0.456 e. The monoisotopic (exact) mass is 740 g/mol. The Morgan fingerprint density at radius 1 is 0.431 bits per heavy atom. The van der Waals surface area contributed by atoms with E-state index in [0.717, 1.165) is 66.6 Å². The number of hydrogen-bond donors (Lipinski definition) is 0. The number of nitrogens with zero attached hydrogens (tertiary/aromatic N) is 4. The fraction of sp³-hybridized carbons (Fsp3) is 0. The van der Waals surface area contributed by atoms with Crippen molar-refractivity contribution in [1.29, 1.82) is 5.26 Å². The Kier molecular flexibility index (Phi) is 7.80. The van der Waals surface area contributed by atoms with Crippen LogP contribution in [0.4, 0.5) is 0 Å². The lowest BCUT2D eigenvalue weighted by molar-refractivity contribution is 0.669. The molecule has 0 fully saturated rings. The summed E-state index contributed by atoms with van der Waals surface area (Å²) in [6, 6.07) is 69.2.